The van der Waals surface area contributed by atoms with Gasteiger partial charge in [-0.15, -0.1) is 11.6 Å². The van der Waals surface area contributed by atoms with Crippen molar-refractivity contribution in [3.05, 3.63) is 126 Å². The normalized spacial score (nSPS) is 14.1. The number of alkyl halides is 1. The Hall–Kier alpha value is -3.39. The molecule has 0 radical (unpaired) electrons. The number of halogens is 1. The first-order chi connectivity index (χ1) is 20.6. The molecule has 0 fully saturated rings. The molecule has 1 N–H and O–H groups in total. The molecule has 6 nitrogen and oxygen atoms in total. The fourth-order valence-corrected chi connectivity index (χ4v) is 6.69. The Kier molecular flexibility index (Phi) is 10.1. The lowest BCUT2D eigenvalue weighted by Gasteiger charge is -2.40. The standard InChI is InChI=1S/C36H46ClN3O3Si/c1-34(2,3)42-33(41)38-24-30(37)32(43-44(7,8)35(4,5)6)31-25-40(26-39-31)36(27-18-12-9-13-19-27,28-20-14-10-15-21-28)29-22-16-11-17-23-29/h9-23,25-26,30,32H,24H2,1-8H3,(H,38,41)/t30-,32+/m0/s1. The molecule has 0 saturated carbocycles. The van der Waals surface area contributed by atoms with E-state index in [9.17, 15) is 4.79 Å². The van der Waals surface area contributed by atoms with Gasteiger partial charge in [-0.25, -0.2) is 9.78 Å². The summed E-state index contributed by atoms with van der Waals surface area (Å²) < 4.78 is 14.6. The number of carbonyl (C=O) groups is 1. The lowest BCUT2D eigenvalue weighted by atomic mass is 9.77. The highest BCUT2D eigenvalue weighted by Crippen LogP contribution is 2.44. The Balaban J connectivity index is 1.84. The second-order valence-corrected chi connectivity index (χ2v) is 19.0. The zero-order valence-electron chi connectivity index (χ0n) is 27.2. The molecular formula is C36H46ClN3O3Si. The molecule has 4 rings (SSSR count). The first-order valence-corrected chi connectivity index (χ1v) is 18.5. The first-order valence-electron chi connectivity index (χ1n) is 15.1. The first kappa shape index (κ1) is 33.5. The Morgan fingerprint density at radius 2 is 1.30 bits per heavy atom. The van der Waals surface area contributed by atoms with Crippen molar-refractivity contribution >= 4 is 26.0 Å². The molecule has 234 valence electrons. The highest BCUT2D eigenvalue weighted by molar-refractivity contribution is 6.74. The van der Waals surface area contributed by atoms with Crippen molar-refractivity contribution in [2.45, 2.75) is 82.3 Å². The number of imidazole rings is 1. The Morgan fingerprint density at radius 3 is 1.70 bits per heavy atom. The smallest absolute Gasteiger partial charge is 0.407 e. The largest absolute Gasteiger partial charge is 0.444 e. The average molecular weight is 632 g/mol. The van der Waals surface area contributed by atoms with Gasteiger partial charge in [0.25, 0.3) is 0 Å². The lowest BCUT2D eigenvalue weighted by molar-refractivity contribution is 0.0520. The van der Waals surface area contributed by atoms with Gasteiger partial charge in [0.05, 0.1) is 17.4 Å². The summed E-state index contributed by atoms with van der Waals surface area (Å²) in [7, 11) is -2.31. The van der Waals surface area contributed by atoms with Gasteiger partial charge in [0, 0.05) is 12.7 Å². The van der Waals surface area contributed by atoms with E-state index >= 15 is 0 Å². The number of nitrogens with one attached hydrogen (secondary N) is 1. The number of benzene rings is 3. The summed E-state index contributed by atoms with van der Waals surface area (Å²) in [5.41, 5.74) is 2.66. The number of alkyl carbamates (subject to hydrolysis) is 1. The molecule has 0 spiro atoms. The molecule has 1 aromatic heterocycles. The van der Waals surface area contributed by atoms with E-state index in [1.165, 1.54) is 0 Å². The van der Waals surface area contributed by atoms with Crippen molar-refractivity contribution in [3.8, 4) is 0 Å². The van der Waals surface area contributed by atoms with Gasteiger partial charge in [-0.2, -0.15) is 0 Å². The zero-order chi connectivity index (χ0) is 32.2. The number of rotatable bonds is 10. The van der Waals surface area contributed by atoms with Crippen molar-refractivity contribution in [2.75, 3.05) is 6.54 Å². The van der Waals surface area contributed by atoms with E-state index in [-0.39, 0.29) is 11.6 Å². The van der Waals surface area contributed by atoms with E-state index in [2.05, 4.69) is 117 Å². The maximum absolute atomic E-state index is 12.5. The molecule has 0 aliphatic rings. The third kappa shape index (κ3) is 7.45. The van der Waals surface area contributed by atoms with Gasteiger partial charge in [0.2, 0.25) is 0 Å². The minimum absolute atomic E-state index is 0.0646. The summed E-state index contributed by atoms with van der Waals surface area (Å²) in [5, 5.41) is 2.17. The summed E-state index contributed by atoms with van der Waals surface area (Å²) in [6.07, 6.45) is 2.83. The number of aromatic nitrogens is 2. The van der Waals surface area contributed by atoms with Crippen molar-refractivity contribution < 1.29 is 14.0 Å². The molecule has 1 heterocycles. The molecule has 3 aromatic carbocycles. The highest BCUT2D eigenvalue weighted by atomic mass is 35.5. The molecule has 8 heteroatoms. The van der Waals surface area contributed by atoms with Crippen LogP contribution in [0.25, 0.3) is 0 Å². The van der Waals surface area contributed by atoms with Crippen LogP contribution >= 0.6 is 11.6 Å². The van der Waals surface area contributed by atoms with Crippen molar-refractivity contribution in [1.29, 1.82) is 0 Å². The van der Waals surface area contributed by atoms with Crippen LogP contribution in [0, 0.1) is 0 Å². The fourth-order valence-electron chi connectivity index (χ4n) is 5.07. The van der Waals surface area contributed by atoms with Crippen LogP contribution < -0.4 is 5.32 Å². The topological polar surface area (TPSA) is 65.4 Å². The van der Waals surface area contributed by atoms with Crippen LogP contribution in [0.5, 0.6) is 0 Å². The molecular weight excluding hydrogens is 586 g/mol. The van der Waals surface area contributed by atoms with Gasteiger partial charge in [0.1, 0.15) is 17.2 Å². The number of amides is 1. The molecule has 0 bridgehead atoms. The maximum Gasteiger partial charge on any atom is 0.407 e. The second kappa shape index (κ2) is 13.3. The third-order valence-electron chi connectivity index (χ3n) is 8.25. The highest BCUT2D eigenvalue weighted by Gasteiger charge is 2.43. The monoisotopic (exact) mass is 631 g/mol. The number of nitrogens with zero attached hydrogens (tertiary/aromatic N) is 2. The van der Waals surface area contributed by atoms with Crippen LogP contribution in [0.4, 0.5) is 4.79 Å². The number of carbonyl (C=O) groups excluding carboxylic acids is 1. The summed E-state index contributed by atoms with van der Waals surface area (Å²) >= 11 is 7.11. The molecule has 2 atom stereocenters. The third-order valence-corrected chi connectivity index (χ3v) is 13.1. The van der Waals surface area contributed by atoms with Crippen molar-refractivity contribution in [1.82, 2.24) is 14.9 Å². The Labute approximate surface area is 268 Å². The minimum Gasteiger partial charge on any atom is -0.444 e. The lowest BCUT2D eigenvalue weighted by Crippen LogP contribution is -2.45. The minimum atomic E-state index is -2.31. The molecule has 0 saturated heterocycles. The zero-order valence-corrected chi connectivity index (χ0v) is 28.9. The van der Waals surface area contributed by atoms with E-state index in [4.69, 9.17) is 25.7 Å². The van der Waals surface area contributed by atoms with E-state index in [1.54, 1.807) is 0 Å². The van der Waals surface area contributed by atoms with E-state index in [0.29, 0.717) is 5.69 Å². The van der Waals surface area contributed by atoms with Crippen molar-refractivity contribution in [2.24, 2.45) is 0 Å². The molecule has 4 aromatic rings. The summed E-state index contributed by atoms with van der Waals surface area (Å²) in [6, 6.07) is 31.4. The predicted octanol–water partition coefficient (Wildman–Crippen LogP) is 8.92. The molecule has 0 unspecified atom stereocenters. The summed E-state index contributed by atoms with van der Waals surface area (Å²) in [4.78, 5) is 17.5. The Bertz CT molecular complexity index is 1400. The molecule has 0 aliphatic heterocycles. The van der Waals surface area contributed by atoms with Crippen LogP contribution in [0.3, 0.4) is 0 Å². The maximum atomic E-state index is 12.5. The van der Waals surface area contributed by atoms with Gasteiger partial charge < -0.3 is 19.0 Å². The van der Waals surface area contributed by atoms with Gasteiger partial charge in [-0.3, -0.25) is 0 Å². The molecule has 0 aliphatic carbocycles. The van der Waals surface area contributed by atoms with Gasteiger partial charge >= 0.3 is 6.09 Å². The van der Waals surface area contributed by atoms with Crippen LogP contribution in [-0.2, 0) is 14.7 Å². The molecule has 1 amide bonds. The van der Waals surface area contributed by atoms with Crippen LogP contribution in [0.15, 0.2) is 104 Å². The van der Waals surface area contributed by atoms with Crippen LogP contribution in [0.2, 0.25) is 18.1 Å². The SMILES string of the molecule is CC(C)(C)OC(=O)NC[C@H](Cl)[C@@H](O[Si](C)(C)C(C)(C)C)c1cn(C(c2ccccc2)(c2ccccc2)c2ccccc2)cn1. The van der Waals surface area contributed by atoms with E-state index in [0.717, 1.165) is 16.7 Å². The quantitative estimate of drug-likeness (QED) is 0.108. The summed E-state index contributed by atoms with van der Waals surface area (Å²) in [5.74, 6) is 0. The fraction of sp³-hybridized carbons (Fsp3) is 0.389. The van der Waals surface area contributed by atoms with Crippen LogP contribution in [0.1, 0.15) is 70.0 Å². The predicted molar refractivity (Wildman–Crippen MR) is 182 cm³/mol. The van der Waals surface area contributed by atoms with Gasteiger partial charge in [-0.05, 0) is 55.6 Å². The van der Waals surface area contributed by atoms with Gasteiger partial charge in [0.15, 0.2) is 8.32 Å². The second-order valence-electron chi connectivity index (χ2n) is 13.7. The molecule has 44 heavy (non-hydrogen) atoms. The van der Waals surface area contributed by atoms with Crippen LogP contribution in [-0.4, -0.2) is 41.5 Å². The van der Waals surface area contributed by atoms with Gasteiger partial charge in [-0.1, -0.05) is 112 Å². The number of hydrogen-bond acceptors (Lipinski definition) is 4. The van der Waals surface area contributed by atoms with Crippen molar-refractivity contribution in [3.63, 3.8) is 0 Å². The number of hydrogen-bond donors (Lipinski definition) is 1. The summed E-state index contributed by atoms with van der Waals surface area (Å²) in [6.45, 7) is 16.6. The number of ether oxygens (including phenoxy) is 1. The van der Waals surface area contributed by atoms with E-state index < -0.39 is 37.0 Å². The van der Waals surface area contributed by atoms with E-state index in [1.807, 2.05) is 51.5 Å². The average Bonchev–Trinajstić information content (AvgIpc) is 3.45. The Morgan fingerprint density at radius 1 is 0.841 bits per heavy atom.